The lowest BCUT2D eigenvalue weighted by molar-refractivity contribution is -0.144. The van der Waals surface area contributed by atoms with Crippen molar-refractivity contribution in [2.45, 2.75) is 17.9 Å². The number of rotatable bonds is 9. The van der Waals surface area contributed by atoms with E-state index < -0.39 is 11.9 Å². The van der Waals surface area contributed by atoms with Gasteiger partial charge in [0.25, 0.3) is 5.91 Å². The Morgan fingerprint density at radius 2 is 1.83 bits per heavy atom. The maximum Gasteiger partial charge on any atom is 0.331 e. The Hall–Kier alpha value is -2.93. The lowest BCUT2D eigenvalue weighted by Crippen LogP contribution is -2.31. The SMILES string of the molecule is COc1ccc(OC)c([C@H](C)NC(=O)COC(=O)/C=C/c2ccc(SC)cc2)c1. The topological polar surface area (TPSA) is 73.9 Å². The van der Waals surface area contributed by atoms with Gasteiger partial charge in [-0.1, -0.05) is 12.1 Å². The molecule has 0 bridgehead atoms. The van der Waals surface area contributed by atoms with E-state index in [1.165, 1.54) is 6.08 Å². The van der Waals surface area contributed by atoms with Crippen molar-refractivity contribution >= 4 is 29.7 Å². The van der Waals surface area contributed by atoms with Crippen LogP contribution in [0.1, 0.15) is 24.1 Å². The van der Waals surface area contributed by atoms with Crippen LogP contribution in [-0.2, 0) is 14.3 Å². The van der Waals surface area contributed by atoms with E-state index in [9.17, 15) is 9.59 Å². The lowest BCUT2D eigenvalue weighted by Gasteiger charge is -2.18. The summed E-state index contributed by atoms with van der Waals surface area (Å²) in [6, 6.07) is 12.7. The van der Waals surface area contributed by atoms with E-state index >= 15 is 0 Å². The predicted octanol–water partition coefficient (Wildman–Crippen LogP) is 3.86. The van der Waals surface area contributed by atoms with Crippen molar-refractivity contribution in [3.63, 3.8) is 0 Å². The lowest BCUT2D eigenvalue weighted by atomic mass is 10.1. The van der Waals surface area contributed by atoms with Crippen LogP contribution in [0.15, 0.2) is 53.4 Å². The number of benzene rings is 2. The molecule has 0 aliphatic rings. The molecule has 0 unspecified atom stereocenters. The molecule has 0 aliphatic carbocycles. The second kappa shape index (κ2) is 11.2. The molecular weight excluding hydrogens is 390 g/mol. The van der Waals surface area contributed by atoms with Gasteiger partial charge >= 0.3 is 5.97 Å². The monoisotopic (exact) mass is 415 g/mol. The van der Waals surface area contributed by atoms with E-state index in [-0.39, 0.29) is 12.6 Å². The van der Waals surface area contributed by atoms with Crippen LogP contribution in [-0.4, -0.2) is 39.0 Å². The quantitative estimate of drug-likeness (QED) is 0.381. The Morgan fingerprint density at radius 1 is 1.10 bits per heavy atom. The predicted molar refractivity (Wildman–Crippen MR) is 114 cm³/mol. The number of carbonyl (C=O) groups is 2. The molecule has 6 nitrogen and oxygen atoms in total. The van der Waals surface area contributed by atoms with Crippen molar-refractivity contribution in [1.29, 1.82) is 0 Å². The molecule has 0 saturated carbocycles. The average Bonchev–Trinajstić information content (AvgIpc) is 2.75. The number of thioether (sulfide) groups is 1. The minimum absolute atomic E-state index is 0.350. The third-order valence-electron chi connectivity index (χ3n) is 4.15. The van der Waals surface area contributed by atoms with Crippen molar-refractivity contribution in [1.82, 2.24) is 5.32 Å². The minimum Gasteiger partial charge on any atom is -0.497 e. The van der Waals surface area contributed by atoms with Crippen LogP contribution in [0, 0.1) is 0 Å². The van der Waals surface area contributed by atoms with Gasteiger partial charge in [-0.25, -0.2) is 4.79 Å². The molecule has 154 valence electrons. The molecule has 0 saturated heterocycles. The molecule has 1 N–H and O–H groups in total. The highest BCUT2D eigenvalue weighted by atomic mass is 32.2. The van der Waals surface area contributed by atoms with E-state index in [1.54, 1.807) is 50.3 Å². The molecule has 29 heavy (non-hydrogen) atoms. The summed E-state index contributed by atoms with van der Waals surface area (Å²) in [5, 5.41) is 2.79. The highest BCUT2D eigenvalue weighted by molar-refractivity contribution is 7.98. The molecule has 0 aliphatic heterocycles. The number of esters is 1. The molecule has 0 heterocycles. The van der Waals surface area contributed by atoms with Gasteiger partial charge in [-0.15, -0.1) is 11.8 Å². The molecule has 2 aromatic carbocycles. The Balaban J connectivity index is 1.87. The molecule has 0 radical (unpaired) electrons. The van der Waals surface area contributed by atoms with Crippen LogP contribution in [0.2, 0.25) is 0 Å². The first-order chi connectivity index (χ1) is 14.0. The maximum atomic E-state index is 12.1. The fraction of sp³-hybridized carbons (Fsp3) is 0.273. The first-order valence-electron chi connectivity index (χ1n) is 8.97. The van der Waals surface area contributed by atoms with E-state index in [0.29, 0.717) is 11.5 Å². The second-order valence-electron chi connectivity index (χ2n) is 6.11. The zero-order chi connectivity index (χ0) is 21.2. The van der Waals surface area contributed by atoms with Gasteiger partial charge < -0.3 is 19.5 Å². The number of nitrogens with one attached hydrogen (secondary N) is 1. The van der Waals surface area contributed by atoms with Crippen LogP contribution in [0.3, 0.4) is 0 Å². The largest absolute Gasteiger partial charge is 0.497 e. The van der Waals surface area contributed by atoms with Gasteiger partial charge in [0.15, 0.2) is 6.61 Å². The van der Waals surface area contributed by atoms with Crippen LogP contribution < -0.4 is 14.8 Å². The van der Waals surface area contributed by atoms with Gasteiger partial charge in [0.2, 0.25) is 0 Å². The zero-order valence-corrected chi connectivity index (χ0v) is 17.7. The Bertz CT molecular complexity index is 864. The van der Waals surface area contributed by atoms with Gasteiger partial charge in [0.05, 0.1) is 20.3 Å². The van der Waals surface area contributed by atoms with Crippen LogP contribution in [0.4, 0.5) is 0 Å². The highest BCUT2D eigenvalue weighted by Crippen LogP contribution is 2.29. The Labute approximate surface area is 175 Å². The Morgan fingerprint density at radius 3 is 2.45 bits per heavy atom. The number of hydrogen-bond donors (Lipinski definition) is 1. The molecule has 1 atom stereocenters. The van der Waals surface area contributed by atoms with E-state index in [1.807, 2.05) is 37.4 Å². The third kappa shape index (κ3) is 6.87. The number of hydrogen-bond acceptors (Lipinski definition) is 6. The first kappa shape index (κ1) is 22.4. The van der Waals surface area contributed by atoms with E-state index in [2.05, 4.69) is 5.32 Å². The summed E-state index contributed by atoms with van der Waals surface area (Å²) < 4.78 is 15.6. The van der Waals surface area contributed by atoms with E-state index in [4.69, 9.17) is 14.2 Å². The van der Waals surface area contributed by atoms with Crippen LogP contribution in [0.5, 0.6) is 11.5 Å². The molecule has 1 amide bonds. The van der Waals surface area contributed by atoms with Crippen LogP contribution in [0.25, 0.3) is 6.08 Å². The number of carbonyl (C=O) groups excluding carboxylic acids is 2. The van der Waals surface area contributed by atoms with Gasteiger partial charge in [-0.3, -0.25) is 4.79 Å². The second-order valence-corrected chi connectivity index (χ2v) is 6.99. The molecule has 2 rings (SSSR count). The highest BCUT2D eigenvalue weighted by Gasteiger charge is 2.16. The molecule has 0 spiro atoms. The fourth-order valence-corrected chi connectivity index (χ4v) is 3.01. The summed E-state index contributed by atoms with van der Waals surface area (Å²) in [5.41, 5.74) is 1.64. The summed E-state index contributed by atoms with van der Waals surface area (Å²) in [6.07, 6.45) is 4.95. The standard InChI is InChI=1S/C22H25NO5S/c1-15(19-13-17(26-2)8-11-20(19)27-3)23-21(24)14-28-22(25)12-7-16-5-9-18(29-4)10-6-16/h5-13,15H,14H2,1-4H3,(H,23,24)/b12-7+/t15-/m0/s1. The third-order valence-corrected chi connectivity index (χ3v) is 4.90. The van der Waals surface area contributed by atoms with Crippen molar-refractivity contribution in [2.24, 2.45) is 0 Å². The van der Waals surface area contributed by atoms with Crippen molar-refractivity contribution in [2.75, 3.05) is 27.1 Å². The van der Waals surface area contributed by atoms with Crippen LogP contribution >= 0.6 is 11.8 Å². The summed E-state index contributed by atoms with van der Waals surface area (Å²) >= 11 is 1.65. The first-order valence-corrected chi connectivity index (χ1v) is 10.2. The van der Waals surface area contributed by atoms with Gasteiger partial charge in [0.1, 0.15) is 11.5 Å². The summed E-state index contributed by atoms with van der Waals surface area (Å²) in [6.45, 7) is 1.44. The molecule has 2 aromatic rings. The molecule has 7 heteroatoms. The summed E-state index contributed by atoms with van der Waals surface area (Å²) in [7, 11) is 3.13. The number of ether oxygens (including phenoxy) is 3. The molecule has 0 aromatic heterocycles. The van der Waals surface area contributed by atoms with Crippen molar-refractivity contribution < 1.29 is 23.8 Å². The smallest absolute Gasteiger partial charge is 0.331 e. The average molecular weight is 416 g/mol. The van der Waals surface area contributed by atoms with Crippen molar-refractivity contribution in [3.8, 4) is 11.5 Å². The Kier molecular flexibility index (Phi) is 8.61. The molecule has 0 fully saturated rings. The van der Waals surface area contributed by atoms with E-state index in [0.717, 1.165) is 16.0 Å². The summed E-state index contributed by atoms with van der Waals surface area (Å²) in [5.74, 6) is 0.296. The van der Waals surface area contributed by atoms with Gasteiger partial charge in [0, 0.05) is 16.5 Å². The number of amides is 1. The van der Waals surface area contributed by atoms with Gasteiger partial charge in [-0.05, 0) is 55.2 Å². The number of methoxy groups -OCH3 is 2. The molecular formula is C22H25NO5S. The summed E-state index contributed by atoms with van der Waals surface area (Å²) in [4.78, 5) is 25.1. The fourth-order valence-electron chi connectivity index (χ4n) is 2.60. The van der Waals surface area contributed by atoms with Gasteiger partial charge in [-0.2, -0.15) is 0 Å². The normalized spacial score (nSPS) is 11.7. The maximum absolute atomic E-state index is 12.1. The minimum atomic E-state index is -0.583. The van der Waals surface area contributed by atoms with Crippen molar-refractivity contribution in [3.05, 3.63) is 59.7 Å². The zero-order valence-electron chi connectivity index (χ0n) is 16.9.